The third-order valence-corrected chi connectivity index (χ3v) is 5.30. The molecule has 1 atom stereocenters. The highest BCUT2D eigenvalue weighted by molar-refractivity contribution is 7.89. The molecule has 0 aliphatic carbocycles. The summed E-state index contributed by atoms with van der Waals surface area (Å²) in [5.74, 6) is 0. The maximum atomic E-state index is 12.4. The maximum absolute atomic E-state index is 12.4. The van der Waals surface area contributed by atoms with Gasteiger partial charge in [-0.2, -0.15) is 0 Å². The van der Waals surface area contributed by atoms with Gasteiger partial charge in [-0.25, -0.2) is 13.1 Å². The van der Waals surface area contributed by atoms with E-state index in [1.54, 1.807) is 32.2 Å². The number of ether oxygens (including phenoxy) is 1. The molecular formula is C14H23ClN2O3S. The number of sulfonamides is 1. The average Bonchev–Trinajstić information content (AvgIpc) is 2.87. The van der Waals surface area contributed by atoms with Gasteiger partial charge in [0.1, 0.15) is 0 Å². The molecular weight excluding hydrogens is 312 g/mol. The predicted octanol–water partition coefficient (Wildman–Crippen LogP) is 1.46. The SMILES string of the molecule is COCC1(CNS(=O)(=O)c2ccccc2C)CCCN1.Cl. The van der Waals surface area contributed by atoms with Crippen LogP contribution in [-0.4, -0.2) is 40.8 Å². The van der Waals surface area contributed by atoms with Crippen molar-refractivity contribution >= 4 is 22.4 Å². The van der Waals surface area contributed by atoms with Crippen LogP contribution in [0, 0.1) is 6.92 Å². The molecule has 2 rings (SSSR count). The molecule has 1 fully saturated rings. The quantitative estimate of drug-likeness (QED) is 0.826. The summed E-state index contributed by atoms with van der Waals surface area (Å²) in [6.07, 6.45) is 1.95. The molecule has 1 heterocycles. The molecule has 0 radical (unpaired) electrons. The van der Waals surface area contributed by atoms with Crippen LogP contribution in [0.5, 0.6) is 0 Å². The molecule has 1 aromatic carbocycles. The van der Waals surface area contributed by atoms with E-state index in [0.29, 0.717) is 18.0 Å². The molecule has 1 aromatic rings. The van der Waals surface area contributed by atoms with Crippen molar-refractivity contribution in [2.75, 3.05) is 26.8 Å². The lowest BCUT2D eigenvalue weighted by atomic mass is 9.99. The van der Waals surface area contributed by atoms with Gasteiger partial charge < -0.3 is 10.1 Å². The number of benzene rings is 1. The van der Waals surface area contributed by atoms with Crippen LogP contribution in [0.25, 0.3) is 0 Å². The highest BCUT2D eigenvalue weighted by Crippen LogP contribution is 2.20. The highest BCUT2D eigenvalue weighted by atomic mass is 35.5. The van der Waals surface area contributed by atoms with E-state index in [0.717, 1.165) is 24.9 Å². The lowest BCUT2D eigenvalue weighted by Gasteiger charge is -2.29. The second-order valence-corrected chi connectivity index (χ2v) is 7.07. The Morgan fingerprint density at radius 2 is 2.10 bits per heavy atom. The molecule has 0 spiro atoms. The Balaban J connectivity index is 0.00000220. The van der Waals surface area contributed by atoms with Crippen LogP contribution in [0.3, 0.4) is 0 Å². The van der Waals surface area contributed by atoms with Crippen LogP contribution >= 0.6 is 12.4 Å². The normalized spacial score (nSPS) is 22.0. The summed E-state index contributed by atoms with van der Waals surface area (Å²) >= 11 is 0. The summed E-state index contributed by atoms with van der Waals surface area (Å²) in [6.45, 7) is 3.55. The second-order valence-electron chi connectivity index (χ2n) is 5.33. The Morgan fingerprint density at radius 3 is 2.67 bits per heavy atom. The maximum Gasteiger partial charge on any atom is 0.240 e. The molecule has 5 nitrogen and oxygen atoms in total. The number of halogens is 1. The van der Waals surface area contributed by atoms with Crippen molar-refractivity contribution in [2.45, 2.75) is 30.2 Å². The minimum absolute atomic E-state index is 0. The molecule has 21 heavy (non-hydrogen) atoms. The van der Waals surface area contributed by atoms with Gasteiger partial charge in [-0.3, -0.25) is 0 Å². The van der Waals surface area contributed by atoms with Crippen molar-refractivity contribution in [3.05, 3.63) is 29.8 Å². The molecule has 1 unspecified atom stereocenters. The van der Waals surface area contributed by atoms with Crippen molar-refractivity contribution in [3.63, 3.8) is 0 Å². The zero-order chi connectivity index (χ0) is 14.6. The lowest BCUT2D eigenvalue weighted by molar-refractivity contribution is 0.122. The van der Waals surface area contributed by atoms with Crippen LogP contribution in [-0.2, 0) is 14.8 Å². The summed E-state index contributed by atoms with van der Waals surface area (Å²) in [5, 5.41) is 3.36. The van der Waals surface area contributed by atoms with E-state index in [1.807, 2.05) is 6.07 Å². The molecule has 0 aromatic heterocycles. The summed E-state index contributed by atoms with van der Waals surface area (Å²) in [4.78, 5) is 0.338. The summed E-state index contributed by atoms with van der Waals surface area (Å²) in [6, 6.07) is 7.00. The van der Waals surface area contributed by atoms with E-state index in [4.69, 9.17) is 4.74 Å². The minimum Gasteiger partial charge on any atom is -0.383 e. The fraction of sp³-hybridized carbons (Fsp3) is 0.571. The van der Waals surface area contributed by atoms with E-state index in [-0.39, 0.29) is 17.9 Å². The summed E-state index contributed by atoms with van der Waals surface area (Å²) < 4.78 is 32.7. The third-order valence-electron chi connectivity index (χ3n) is 3.74. The van der Waals surface area contributed by atoms with E-state index >= 15 is 0 Å². The first kappa shape index (κ1) is 18.4. The number of hydrogen-bond donors (Lipinski definition) is 2. The number of methoxy groups -OCH3 is 1. The van der Waals surface area contributed by atoms with E-state index in [2.05, 4.69) is 10.0 Å². The van der Waals surface area contributed by atoms with Crippen LogP contribution in [0.1, 0.15) is 18.4 Å². The average molecular weight is 335 g/mol. The Morgan fingerprint density at radius 1 is 1.38 bits per heavy atom. The van der Waals surface area contributed by atoms with Gasteiger partial charge in [-0.05, 0) is 37.9 Å². The molecule has 1 aliphatic heterocycles. The predicted molar refractivity (Wildman–Crippen MR) is 85.5 cm³/mol. The Kier molecular flexibility index (Phi) is 6.62. The zero-order valence-corrected chi connectivity index (χ0v) is 14.0. The van der Waals surface area contributed by atoms with E-state index < -0.39 is 10.0 Å². The Hall–Kier alpha value is -0.660. The van der Waals surface area contributed by atoms with Gasteiger partial charge in [0.25, 0.3) is 0 Å². The van der Waals surface area contributed by atoms with Crippen molar-refractivity contribution in [1.29, 1.82) is 0 Å². The van der Waals surface area contributed by atoms with Crippen molar-refractivity contribution in [2.24, 2.45) is 0 Å². The third kappa shape index (κ3) is 4.40. The number of rotatable bonds is 6. The fourth-order valence-electron chi connectivity index (χ4n) is 2.64. The molecule has 7 heteroatoms. The summed E-state index contributed by atoms with van der Waals surface area (Å²) in [5.41, 5.74) is 0.463. The minimum atomic E-state index is -3.48. The standard InChI is InChI=1S/C14H22N2O3S.ClH/c1-12-6-3-4-7-13(12)20(17,18)16-10-14(11-19-2)8-5-9-15-14;/h3-4,6-7,15-16H,5,8-11H2,1-2H3;1H. The number of hydrogen-bond acceptors (Lipinski definition) is 4. The Labute approximate surface area is 132 Å². The second kappa shape index (κ2) is 7.56. The molecule has 1 aliphatic rings. The molecule has 120 valence electrons. The molecule has 0 amide bonds. The monoisotopic (exact) mass is 334 g/mol. The van der Waals surface area contributed by atoms with Crippen LogP contribution < -0.4 is 10.0 Å². The van der Waals surface area contributed by atoms with Gasteiger partial charge >= 0.3 is 0 Å². The van der Waals surface area contributed by atoms with Gasteiger partial charge in [0.15, 0.2) is 0 Å². The van der Waals surface area contributed by atoms with Crippen molar-refractivity contribution in [1.82, 2.24) is 10.0 Å². The molecule has 0 saturated carbocycles. The van der Waals surface area contributed by atoms with E-state index in [1.165, 1.54) is 0 Å². The largest absolute Gasteiger partial charge is 0.383 e. The van der Waals surface area contributed by atoms with Crippen LogP contribution in [0.15, 0.2) is 29.2 Å². The molecule has 0 bridgehead atoms. The van der Waals surface area contributed by atoms with Gasteiger partial charge in [-0.15, -0.1) is 12.4 Å². The van der Waals surface area contributed by atoms with Crippen LogP contribution in [0.4, 0.5) is 0 Å². The Bertz CT molecular complexity index is 557. The fourth-order valence-corrected chi connectivity index (χ4v) is 4.01. The molecule has 2 N–H and O–H groups in total. The van der Waals surface area contributed by atoms with Gasteiger partial charge in [0.05, 0.1) is 17.0 Å². The van der Waals surface area contributed by atoms with E-state index in [9.17, 15) is 8.42 Å². The van der Waals surface area contributed by atoms with Crippen molar-refractivity contribution < 1.29 is 13.2 Å². The summed E-state index contributed by atoms with van der Waals surface area (Å²) in [7, 11) is -1.84. The van der Waals surface area contributed by atoms with Gasteiger partial charge in [-0.1, -0.05) is 18.2 Å². The number of aryl methyl sites for hydroxylation is 1. The number of nitrogens with one attached hydrogen (secondary N) is 2. The zero-order valence-electron chi connectivity index (χ0n) is 12.4. The molecule has 1 saturated heterocycles. The van der Waals surface area contributed by atoms with Crippen molar-refractivity contribution in [3.8, 4) is 0 Å². The van der Waals surface area contributed by atoms with Gasteiger partial charge in [0.2, 0.25) is 10.0 Å². The first-order valence-electron chi connectivity index (χ1n) is 6.78. The lowest BCUT2D eigenvalue weighted by Crippen LogP contribution is -2.52. The van der Waals surface area contributed by atoms with Crippen LogP contribution in [0.2, 0.25) is 0 Å². The first-order chi connectivity index (χ1) is 9.49. The van der Waals surface area contributed by atoms with Gasteiger partial charge in [0, 0.05) is 13.7 Å². The first-order valence-corrected chi connectivity index (χ1v) is 8.27. The smallest absolute Gasteiger partial charge is 0.240 e. The highest BCUT2D eigenvalue weighted by Gasteiger charge is 2.34. The topological polar surface area (TPSA) is 67.4 Å².